The number of hydrogen-bond donors (Lipinski definition) is 0. The van der Waals surface area contributed by atoms with E-state index in [0.717, 1.165) is 11.6 Å². The summed E-state index contributed by atoms with van der Waals surface area (Å²) < 4.78 is 28.7. The van der Waals surface area contributed by atoms with Crippen LogP contribution in [0.4, 0.5) is 14.6 Å². The number of alkyl halides is 2. The van der Waals surface area contributed by atoms with E-state index >= 15 is 0 Å². The molecule has 1 aliphatic heterocycles. The number of nitrogens with zero attached hydrogens (tertiary/aromatic N) is 5. The summed E-state index contributed by atoms with van der Waals surface area (Å²) in [5.41, 5.74) is -0.0402. The van der Waals surface area contributed by atoms with Crippen LogP contribution in [0.25, 0.3) is 5.65 Å². The zero-order chi connectivity index (χ0) is 14.0. The van der Waals surface area contributed by atoms with Gasteiger partial charge in [-0.2, -0.15) is 0 Å². The average Bonchev–Trinajstić information content (AvgIpc) is 2.78. The monoisotopic (exact) mass is 279 g/mol. The number of aromatic nitrogens is 4. The van der Waals surface area contributed by atoms with Gasteiger partial charge in [0.05, 0.1) is 0 Å². The highest BCUT2D eigenvalue weighted by Crippen LogP contribution is 2.65. The van der Waals surface area contributed by atoms with E-state index in [4.69, 9.17) is 0 Å². The van der Waals surface area contributed by atoms with Crippen molar-refractivity contribution in [2.75, 3.05) is 18.0 Å². The Morgan fingerprint density at radius 1 is 1.20 bits per heavy atom. The lowest BCUT2D eigenvalue weighted by Gasteiger charge is -2.32. The van der Waals surface area contributed by atoms with E-state index in [2.05, 4.69) is 15.2 Å². The summed E-state index contributed by atoms with van der Waals surface area (Å²) in [6.07, 6.45) is 4.62. The van der Waals surface area contributed by atoms with Crippen molar-refractivity contribution in [1.82, 2.24) is 19.6 Å². The number of anilines is 1. The molecule has 1 saturated heterocycles. The van der Waals surface area contributed by atoms with Gasteiger partial charge in [-0.3, -0.25) is 4.40 Å². The SMILES string of the molecule is Cc1nnc2c(N3CCC4(CC3)CC4(F)F)nccn12. The Balaban J connectivity index is 1.62. The Kier molecular flexibility index (Phi) is 2.19. The first kappa shape index (κ1) is 12.0. The van der Waals surface area contributed by atoms with E-state index in [-0.39, 0.29) is 6.42 Å². The van der Waals surface area contributed by atoms with Crippen LogP contribution in [0.3, 0.4) is 0 Å². The maximum absolute atomic E-state index is 13.4. The smallest absolute Gasteiger partial charge is 0.254 e. The van der Waals surface area contributed by atoms with E-state index in [1.165, 1.54) is 0 Å². The topological polar surface area (TPSA) is 46.3 Å². The molecular formula is C13H15F2N5. The number of piperidine rings is 1. The molecule has 20 heavy (non-hydrogen) atoms. The number of hydrogen-bond acceptors (Lipinski definition) is 4. The molecule has 2 fully saturated rings. The van der Waals surface area contributed by atoms with Gasteiger partial charge in [0.15, 0.2) is 5.82 Å². The summed E-state index contributed by atoms with van der Waals surface area (Å²) >= 11 is 0. The van der Waals surface area contributed by atoms with Crippen LogP contribution in [0.5, 0.6) is 0 Å². The Hall–Kier alpha value is -1.79. The highest BCUT2D eigenvalue weighted by Gasteiger charge is 2.70. The van der Waals surface area contributed by atoms with E-state index in [1.54, 1.807) is 6.20 Å². The summed E-state index contributed by atoms with van der Waals surface area (Å²) in [4.78, 5) is 6.41. The zero-order valence-corrected chi connectivity index (χ0v) is 11.2. The summed E-state index contributed by atoms with van der Waals surface area (Å²) in [5, 5.41) is 8.18. The molecule has 106 valence electrons. The Bertz CT molecular complexity index is 672. The summed E-state index contributed by atoms with van der Waals surface area (Å²) in [7, 11) is 0. The predicted molar refractivity (Wildman–Crippen MR) is 69.0 cm³/mol. The molecule has 0 atom stereocenters. The second-order valence-corrected chi connectivity index (χ2v) is 5.84. The van der Waals surface area contributed by atoms with E-state index in [0.29, 0.717) is 31.6 Å². The highest BCUT2D eigenvalue weighted by atomic mass is 19.3. The van der Waals surface area contributed by atoms with Crippen LogP contribution in [0.2, 0.25) is 0 Å². The minimum absolute atomic E-state index is 0.0511. The molecule has 2 aromatic rings. The normalized spacial score (nSPS) is 23.4. The maximum Gasteiger partial charge on any atom is 0.254 e. The van der Waals surface area contributed by atoms with Crippen molar-refractivity contribution in [2.24, 2.45) is 5.41 Å². The predicted octanol–water partition coefficient (Wildman–Crippen LogP) is 2.06. The molecule has 5 nitrogen and oxygen atoms in total. The van der Waals surface area contributed by atoms with E-state index in [1.807, 2.05) is 22.4 Å². The number of halogens is 2. The molecule has 2 aliphatic rings. The van der Waals surface area contributed by atoms with Crippen LogP contribution in [0.15, 0.2) is 12.4 Å². The standard InChI is InChI=1S/C13H15F2N5/c1-9-17-18-11-10(16-4-7-20(9)11)19-5-2-12(3-6-19)8-13(12,14)15/h4,7H,2-3,5-6,8H2,1H3. The minimum atomic E-state index is -2.45. The van der Waals surface area contributed by atoms with Gasteiger partial charge in [0.2, 0.25) is 5.65 Å². The zero-order valence-electron chi connectivity index (χ0n) is 11.2. The Morgan fingerprint density at radius 3 is 2.55 bits per heavy atom. The second kappa shape index (κ2) is 3.65. The lowest BCUT2D eigenvalue weighted by atomic mass is 9.93. The first-order valence-electron chi connectivity index (χ1n) is 6.82. The molecule has 0 aromatic carbocycles. The molecule has 0 bridgehead atoms. The molecular weight excluding hydrogens is 264 g/mol. The van der Waals surface area contributed by atoms with Crippen molar-refractivity contribution in [3.8, 4) is 0 Å². The quantitative estimate of drug-likeness (QED) is 0.801. The van der Waals surface area contributed by atoms with Gasteiger partial charge in [-0.1, -0.05) is 0 Å². The molecule has 0 amide bonds. The van der Waals surface area contributed by atoms with Crippen molar-refractivity contribution in [2.45, 2.75) is 32.1 Å². The molecule has 1 saturated carbocycles. The fourth-order valence-electron chi connectivity index (χ4n) is 3.22. The fourth-order valence-corrected chi connectivity index (χ4v) is 3.22. The van der Waals surface area contributed by atoms with Gasteiger partial charge in [-0.15, -0.1) is 10.2 Å². The van der Waals surface area contributed by atoms with Crippen LogP contribution in [0.1, 0.15) is 25.1 Å². The van der Waals surface area contributed by atoms with Crippen LogP contribution in [-0.2, 0) is 0 Å². The molecule has 1 spiro atoms. The van der Waals surface area contributed by atoms with Gasteiger partial charge in [-0.25, -0.2) is 13.8 Å². The average molecular weight is 279 g/mol. The van der Waals surface area contributed by atoms with Gasteiger partial charge < -0.3 is 4.90 Å². The third-order valence-corrected chi connectivity index (χ3v) is 4.71. The highest BCUT2D eigenvalue weighted by molar-refractivity contribution is 5.64. The first-order chi connectivity index (χ1) is 9.52. The molecule has 7 heteroatoms. The van der Waals surface area contributed by atoms with Crippen LogP contribution < -0.4 is 4.90 Å². The van der Waals surface area contributed by atoms with Crippen LogP contribution >= 0.6 is 0 Å². The van der Waals surface area contributed by atoms with Crippen molar-refractivity contribution in [3.63, 3.8) is 0 Å². The van der Waals surface area contributed by atoms with Crippen LogP contribution in [-0.4, -0.2) is 38.6 Å². The van der Waals surface area contributed by atoms with Gasteiger partial charge >= 0.3 is 0 Å². The Morgan fingerprint density at radius 2 is 1.90 bits per heavy atom. The fraction of sp³-hybridized carbons (Fsp3) is 0.615. The van der Waals surface area contributed by atoms with Gasteiger partial charge in [-0.05, 0) is 19.8 Å². The summed E-state index contributed by atoms with van der Waals surface area (Å²) in [6.45, 7) is 3.09. The van der Waals surface area contributed by atoms with Crippen molar-refractivity contribution < 1.29 is 8.78 Å². The van der Waals surface area contributed by atoms with Crippen LogP contribution in [0, 0.1) is 12.3 Å². The second-order valence-electron chi connectivity index (χ2n) is 5.84. The molecule has 3 heterocycles. The number of fused-ring (bicyclic) bond motifs is 1. The molecule has 0 unspecified atom stereocenters. The van der Waals surface area contributed by atoms with Crippen molar-refractivity contribution in [1.29, 1.82) is 0 Å². The van der Waals surface area contributed by atoms with Gasteiger partial charge in [0.25, 0.3) is 5.92 Å². The van der Waals surface area contributed by atoms with E-state index < -0.39 is 11.3 Å². The molecule has 0 radical (unpaired) electrons. The van der Waals surface area contributed by atoms with Crippen molar-refractivity contribution in [3.05, 3.63) is 18.2 Å². The van der Waals surface area contributed by atoms with Crippen molar-refractivity contribution >= 4 is 11.5 Å². The number of rotatable bonds is 1. The van der Waals surface area contributed by atoms with Gasteiger partial charge in [0.1, 0.15) is 5.82 Å². The minimum Gasteiger partial charge on any atom is -0.353 e. The molecule has 0 N–H and O–H groups in total. The van der Waals surface area contributed by atoms with Gasteiger partial charge in [0, 0.05) is 37.3 Å². The molecule has 2 aromatic heterocycles. The summed E-state index contributed by atoms with van der Waals surface area (Å²) in [6, 6.07) is 0. The number of aryl methyl sites for hydroxylation is 1. The molecule has 4 rings (SSSR count). The lowest BCUT2D eigenvalue weighted by molar-refractivity contribution is 0.0537. The first-order valence-corrected chi connectivity index (χ1v) is 6.82. The third kappa shape index (κ3) is 1.49. The molecule has 1 aliphatic carbocycles. The maximum atomic E-state index is 13.4. The van der Waals surface area contributed by atoms with E-state index in [9.17, 15) is 8.78 Å². The Labute approximate surface area is 114 Å². The largest absolute Gasteiger partial charge is 0.353 e. The third-order valence-electron chi connectivity index (χ3n) is 4.71. The lowest BCUT2D eigenvalue weighted by Crippen LogP contribution is -2.37. The summed E-state index contributed by atoms with van der Waals surface area (Å²) in [5.74, 6) is -0.915.